The molecule has 5 heteroatoms. The number of rotatable bonds is 5. The number of nitrogens with zero attached hydrogens (tertiary/aromatic N) is 1. The molecule has 0 bridgehead atoms. The highest BCUT2D eigenvalue weighted by Gasteiger charge is 2.27. The molecule has 20 heavy (non-hydrogen) atoms. The van der Waals surface area contributed by atoms with E-state index in [-0.39, 0.29) is 5.91 Å². The van der Waals surface area contributed by atoms with Crippen LogP contribution in [0.15, 0.2) is 0 Å². The molecule has 0 aromatic carbocycles. The number of carbonyl (C=O) groups is 1. The highest BCUT2D eigenvalue weighted by atomic mass is 16.3. The molecule has 5 nitrogen and oxygen atoms in total. The van der Waals surface area contributed by atoms with Crippen molar-refractivity contribution >= 4 is 5.91 Å². The van der Waals surface area contributed by atoms with E-state index in [1.165, 1.54) is 38.5 Å². The van der Waals surface area contributed by atoms with Crippen LogP contribution in [0.3, 0.4) is 0 Å². The van der Waals surface area contributed by atoms with Gasteiger partial charge in [0.1, 0.15) is 6.10 Å². The monoisotopic (exact) mass is 283 g/mol. The topological polar surface area (TPSA) is 78.6 Å². The number of hydrogen-bond acceptors (Lipinski definition) is 4. The second kappa shape index (κ2) is 7.96. The molecule has 0 aromatic heterocycles. The van der Waals surface area contributed by atoms with Gasteiger partial charge in [-0.1, -0.05) is 38.5 Å². The molecule has 4 N–H and O–H groups in total. The molecule has 0 spiro atoms. The molecule has 1 saturated heterocycles. The highest BCUT2D eigenvalue weighted by molar-refractivity contribution is 5.80. The van der Waals surface area contributed by atoms with Gasteiger partial charge in [-0.15, -0.1) is 0 Å². The maximum absolute atomic E-state index is 12.0. The second-order valence-corrected chi connectivity index (χ2v) is 6.37. The summed E-state index contributed by atoms with van der Waals surface area (Å²) < 4.78 is 0. The van der Waals surface area contributed by atoms with Crippen molar-refractivity contribution in [1.82, 2.24) is 10.4 Å². The van der Waals surface area contributed by atoms with E-state index in [4.69, 9.17) is 5.73 Å². The number of piperidine rings is 1. The first kappa shape index (κ1) is 15.7. The lowest BCUT2D eigenvalue weighted by Gasteiger charge is -2.30. The van der Waals surface area contributed by atoms with E-state index in [2.05, 4.69) is 5.43 Å². The van der Waals surface area contributed by atoms with Crippen molar-refractivity contribution < 1.29 is 9.90 Å². The van der Waals surface area contributed by atoms with Crippen molar-refractivity contribution in [3.05, 3.63) is 0 Å². The van der Waals surface area contributed by atoms with Crippen LogP contribution in [0.25, 0.3) is 0 Å². The van der Waals surface area contributed by atoms with Gasteiger partial charge in [0.05, 0.1) is 0 Å². The predicted octanol–water partition coefficient (Wildman–Crippen LogP) is 1.16. The lowest BCUT2D eigenvalue weighted by Crippen LogP contribution is -2.53. The highest BCUT2D eigenvalue weighted by Crippen LogP contribution is 2.27. The van der Waals surface area contributed by atoms with Crippen molar-refractivity contribution in [2.75, 3.05) is 13.1 Å². The van der Waals surface area contributed by atoms with Gasteiger partial charge in [0.25, 0.3) is 5.91 Å². The Kier molecular flexibility index (Phi) is 6.26. The molecule has 2 aliphatic rings. The summed E-state index contributed by atoms with van der Waals surface area (Å²) >= 11 is 0. The summed E-state index contributed by atoms with van der Waals surface area (Å²) in [6.45, 7) is 1.74. The average molecular weight is 283 g/mol. The number of carbonyl (C=O) groups excluding carboxylic acids is 1. The molecule has 2 rings (SSSR count). The summed E-state index contributed by atoms with van der Waals surface area (Å²) in [6, 6.07) is -0.442. The number of amides is 1. The van der Waals surface area contributed by atoms with Crippen molar-refractivity contribution in [2.45, 2.75) is 69.9 Å². The fraction of sp³-hybridized carbons (Fsp3) is 0.933. The third-order valence-electron chi connectivity index (χ3n) is 4.63. The number of aliphatic hydroxyl groups is 1. The largest absolute Gasteiger partial charge is 0.382 e. The zero-order valence-corrected chi connectivity index (χ0v) is 12.4. The van der Waals surface area contributed by atoms with Crippen molar-refractivity contribution in [2.24, 2.45) is 11.7 Å². The van der Waals surface area contributed by atoms with Crippen LogP contribution in [0.2, 0.25) is 0 Å². The molecule has 1 saturated carbocycles. The zero-order valence-electron chi connectivity index (χ0n) is 12.4. The van der Waals surface area contributed by atoms with Crippen LogP contribution in [-0.2, 0) is 4.79 Å². The molecule has 1 aliphatic carbocycles. The third-order valence-corrected chi connectivity index (χ3v) is 4.63. The van der Waals surface area contributed by atoms with Crippen molar-refractivity contribution in [3.63, 3.8) is 0 Å². The molecular weight excluding hydrogens is 254 g/mol. The summed E-state index contributed by atoms with van der Waals surface area (Å²) in [5.74, 6) is 0.242. The van der Waals surface area contributed by atoms with Crippen LogP contribution in [0.4, 0.5) is 0 Å². The summed E-state index contributed by atoms with van der Waals surface area (Å²) in [6.07, 6.45) is 9.30. The Labute approximate surface area is 121 Å². The molecule has 1 heterocycles. The van der Waals surface area contributed by atoms with Gasteiger partial charge < -0.3 is 10.8 Å². The zero-order chi connectivity index (χ0) is 14.4. The van der Waals surface area contributed by atoms with Crippen LogP contribution in [-0.4, -0.2) is 41.3 Å². The van der Waals surface area contributed by atoms with E-state index in [1.807, 2.05) is 5.01 Å². The van der Waals surface area contributed by atoms with E-state index < -0.39 is 12.1 Å². The quantitative estimate of drug-likeness (QED) is 0.707. The molecule has 0 radical (unpaired) electrons. The first-order chi connectivity index (χ1) is 9.66. The fourth-order valence-corrected chi connectivity index (χ4v) is 3.36. The van der Waals surface area contributed by atoms with Crippen LogP contribution in [0.5, 0.6) is 0 Å². The number of hydrogen-bond donors (Lipinski definition) is 3. The summed E-state index contributed by atoms with van der Waals surface area (Å²) in [7, 11) is 0. The molecule has 2 fully saturated rings. The number of hydrazine groups is 1. The van der Waals surface area contributed by atoms with Gasteiger partial charge in [-0.2, -0.15) is 0 Å². The summed E-state index contributed by atoms with van der Waals surface area (Å²) in [4.78, 5) is 12.0. The summed E-state index contributed by atoms with van der Waals surface area (Å²) in [5, 5.41) is 12.0. The van der Waals surface area contributed by atoms with Crippen LogP contribution in [0.1, 0.15) is 57.8 Å². The number of nitrogens with two attached hydrogens (primary N) is 1. The van der Waals surface area contributed by atoms with Gasteiger partial charge in [0.2, 0.25) is 0 Å². The van der Waals surface area contributed by atoms with E-state index in [0.29, 0.717) is 5.92 Å². The minimum atomic E-state index is -1.08. The minimum absolute atomic E-state index is 0.338. The lowest BCUT2D eigenvalue weighted by atomic mass is 9.84. The normalized spacial score (nSPS) is 25.1. The molecular formula is C15H29N3O2. The van der Waals surface area contributed by atoms with Gasteiger partial charge in [-0.05, 0) is 25.2 Å². The van der Waals surface area contributed by atoms with E-state index >= 15 is 0 Å². The SMILES string of the molecule is N[C@H](CC1CCCCC1)C(O)C(=O)NN1CCCCC1. The Morgan fingerprint density at radius 1 is 1.15 bits per heavy atom. The molecule has 0 aromatic rings. The van der Waals surface area contributed by atoms with Crippen LogP contribution < -0.4 is 11.2 Å². The molecule has 116 valence electrons. The van der Waals surface area contributed by atoms with Crippen LogP contribution >= 0.6 is 0 Å². The van der Waals surface area contributed by atoms with E-state index in [1.54, 1.807) is 0 Å². The Bertz CT molecular complexity index is 299. The van der Waals surface area contributed by atoms with Gasteiger partial charge >= 0.3 is 0 Å². The number of aliphatic hydroxyl groups excluding tert-OH is 1. The van der Waals surface area contributed by atoms with E-state index in [0.717, 1.165) is 32.4 Å². The van der Waals surface area contributed by atoms with Crippen molar-refractivity contribution in [1.29, 1.82) is 0 Å². The third kappa shape index (κ3) is 4.72. The Balaban J connectivity index is 1.73. The molecule has 1 amide bonds. The van der Waals surface area contributed by atoms with Gasteiger partial charge in [-0.3, -0.25) is 10.2 Å². The summed E-state index contributed by atoms with van der Waals surface area (Å²) in [5.41, 5.74) is 8.83. The lowest BCUT2D eigenvalue weighted by molar-refractivity contribution is -0.136. The van der Waals surface area contributed by atoms with Gasteiger partial charge in [-0.25, -0.2) is 5.01 Å². The smallest absolute Gasteiger partial charge is 0.264 e. The van der Waals surface area contributed by atoms with Gasteiger partial charge in [0, 0.05) is 19.1 Å². The maximum Gasteiger partial charge on any atom is 0.264 e. The fourth-order valence-electron chi connectivity index (χ4n) is 3.36. The second-order valence-electron chi connectivity index (χ2n) is 6.37. The minimum Gasteiger partial charge on any atom is -0.382 e. The van der Waals surface area contributed by atoms with Crippen molar-refractivity contribution in [3.8, 4) is 0 Å². The first-order valence-corrected chi connectivity index (χ1v) is 8.16. The standard InChI is InChI=1S/C15H29N3O2/c16-13(11-12-7-3-1-4-8-12)14(19)15(20)17-18-9-5-2-6-10-18/h12-14,19H,1-11,16H2,(H,17,20)/t13-,14?/m1/s1. The Hall–Kier alpha value is -0.650. The predicted molar refractivity (Wildman–Crippen MR) is 78.7 cm³/mol. The maximum atomic E-state index is 12.0. The van der Waals surface area contributed by atoms with E-state index in [9.17, 15) is 9.90 Å². The molecule has 2 atom stereocenters. The number of nitrogens with one attached hydrogen (secondary N) is 1. The van der Waals surface area contributed by atoms with Gasteiger partial charge in [0.15, 0.2) is 0 Å². The Morgan fingerprint density at radius 3 is 2.40 bits per heavy atom. The van der Waals surface area contributed by atoms with Crippen LogP contribution in [0, 0.1) is 5.92 Å². The first-order valence-electron chi connectivity index (χ1n) is 8.16. The Morgan fingerprint density at radius 2 is 1.75 bits per heavy atom. The average Bonchev–Trinajstić information content (AvgIpc) is 2.48. The molecule has 1 aliphatic heterocycles. The molecule has 1 unspecified atom stereocenters.